The number of rotatable bonds is 5. The predicted octanol–water partition coefficient (Wildman–Crippen LogP) is 1.47. The molecule has 5 heteroatoms. The lowest BCUT2D eigenvalue weighted by molar-refractivity contribution is -0.142. The second-order valence-electron chi connectivity index (χ2n) is 4.08. The van der Waals surface area contributed by atoms with E-state index in [4.69, 9.17) is 15.1 Å². The number of likely N-dealkylation sites (N-methyl/N-ethyl adjacent to an activating group) is 1. The van der Waals surface area contributed by atoms with Crippen molar-refractivity contribution in [2.75, 3.05) is 14.2 Å². The fraction of sp³-hybridized carbons (Fsp3) is 0.385. The summed E-state index contributed by atoms with van der Waals surface area (Å²) >= 11 is 0. The summed E-state index contributed by atoms with van der Waals surface area (Å²) < 4.78 is 5.05. The highest BCUT2D eigenvalue weighted by Gasteiger charge is 2.17. The third kappa shape index (κ3) is 3.22. The van der Waals surface area contributed by atoms with Gasteiger partial charge >= 0.3 is 5.97 Å². The second-order valence-corrected chi connectivity index (χ2v) is 4.08. The van der Waals surface area contributed by atoms with Gasteiger partial charge in [-0.3, -0.25) is 9.69 Å². The average Bonchev–Trinajstić information content (AvgIpc) is 2.37. The number of ether oxygens (including phenoxy) is 1. The van der Waals surface area contributed by atoms with Gasteiger partial charge in [0.05, 0.1) is 12.7 Å². The van der Waals surface area contributed by atoms with Gasteiger partial charge < -0.3 is 9.84 Å². The van der Waals surface area contributed by atoms with Gasteiger partial charge in [0.25, 0.3) is 0 Å². The summed E-state index contributed by atoms with van der Waals surface area (Å²) in [5.74, 6) is -0.346. The van der Waals surface area contributed by atoms with E-state index in [-0.39, 0.29) is 0 Å². The normalized spacial score (nSPS) is 11.9. The molecule has 0 aromatic heterocycles. The van der Waals surface area contributed by atoms with Crippen LogP contribution in [-0.4, -0.2) is 36.2 Å². The molecule has 1 rings (SSSR count). The Hall–Kier alpha value is -2.06. The lowest BCUT2D eigenvalue weighted by Crippen LogP contribution is -2.35. The molecular formula is C13H16N2O3. The molecule has 0 spiro atoms. The van der Waals surface area contributed by atoms with E-state index in [1.165, 1.54) is 7.11 Å². The molecule has 0 fully saturated rings. The highest BCUT2D eigenvalue weighted by Crippen LogP contribution is 2.19. The third-order valence-electron chi connectivity index (χ3n) is 2.83. The highest BCUT2D eigenvalue weighted by molar-refractivity contribution is 5.72. The average molecular weight is 248 g/mol. The number of methoxy groups -OCH3 is 1. The molecule has 0 saturated heterocycles. The zero-order valence-corrected chi connectivity index (χ0v) is 10.7. The number of hydrogen-bond acceptors (Lipinski definition) is 4. The van der Waals surface area contributed by atoms with Gasteiger partial charge in [-0.15, -0.1) is 0 Å². The van der Waals surface area contributed by atoms with E-state index in [0.717, 1.165) is 5.56 Å². The summed E-state index contributed by atoms with van der Waals surface area (Å²) in [6, 6.07) is 6.73. The molecule has 0 bridgehead atoms. The van der Waals surface area contributed by atoms with Gasteiger partial charge in [0.1, 0.15) is 17.9 Å². The van der Waals surface area contributed by atoms with E-state index >= 15 is 0 Å². The molecule has 0 aliphatic carbocycles. The Bertz CT molecular complexity index is 480. The first-order valence-corrected chi connectivity index (χ1v) is 5.49. The quantitative estimate of drug-likeness (QED) is 0.854. The van der Waals surface area contributed by atoms with Crippen molar-refractivity contribution in [1.29, 1.82) is 5.26 Å². The first-order valence-electron chi connectivity index (χ1n) is 5.49. The van der Waals surface area contributed by atoms with Crippen LogP contribution in [0.25, 0.3) is 0 Å². The minimum atomic E-state index is -0.869. The van der Waals surface area contributed by atoms with Crippen LogP contribution in [0.2, 0.25) is 0 Å². The van der Waals surface area contributed by atoms with Crippen molar-refractivity contribution in [3.05, 3.63) is 29.3 Å². The van der Waals surface area contributed by atoms with Crippen molar-refractivity contribution in [2.24, 2.45) is 0 Å². The summed E-state index contributed by atoms with van der Waals surface area (Å²) in [6.45, 7) is 2.09. The van der Waals surface area contributed by atoms with Gasteiger partial charge in [-0.25, -0.2) is 0 Å². The molecule has 0 saturated carbocycles. The van der Waals surface area contributed by atoms with Crippen molar-refractivity contribution in [3.63, 3.8) is 0 Å². The number of nitrogens with zero attached hydrogens (tertiary/aromatic N) is 2. The highest BCUT2D eigenvalue weighted by atomic mass is 16.5. The van der Waals surface area contributed by atoms with Gasteiger partial charge in [0, 0.05) is 6.54 Å². The molecule has 18 heavy (non-hydrogen) atoms. The molecule has 1 N–H and O–H groups in total. The molecule has 1 aromatic rings. The fourth-order valence-corrected chi connectivity index (χ4v) is 1.55. The van der Waals surface area contributed by atoms with Crippen LogP contribution in [0.4, 0.5) is 0 Å². The van der Waals surface area contributed by atoms with Gasteiger partial charge in [-0.05, 0) is 31.7 Å². The van der Waals surface area contributed by atoms with Crippen LogP contribution in [0.5, 0.6) is 5.75 Å². The molecule has 0 aliphatic heterocycles. The van der Waals surface area contributed by atoms with E-state index < -0.39 is 12.0 Å². The monoisotopic (exact) mass is 248 g/mol. The smallest absolute Gasteiger partial charge is 0.320 e. The predicted molar refractivity (Wildman–Crippen MR) is 66.3 cm³/mol. The number of carboxylic acids is 1. The van der Waals surface area contributed by atoms with Crippen LogP contribution < -0.4 is 4.74 Å². The van der Waals surface area contributed by atoms with E-state index in [9.17, 15) is 4.79 Å². The maximum atomic E-state index is 10.8. The SMILES string of the molecule is COc1ccc(CN(C)C(C)C(=O)O)cc1C#N. The Morgan fingerprint density at radius 3 is 2.78 bits per heavy atom. The molecular weight excluding hydrogens is 232 g/mol. The van der Waals surface area contributed by atoms with E-state index in [1.54, 1.807) is 31.0 Å². The topological polar surface area (TPSA) is 73.6 Å². The minimum absolute atomic E-state index is 0.450. The molecule has 1 atom stereocenters. The van der Waals surface area contributed by atoms with Crippen LogP contribution in [0, 0.1) is 11.3 Å². The van der Waals surface area contributed by atoms with Crippen LogP contribution in [-0.2, 0) is 11.3 Å². The second kappa shape index (κ2) is 6.03. The van der Waals surface area contributed by atoms with Crippen molar-refractivity contribution < 1.29 is 14.6 Å². The van der Waals surface area contributed by atoms with Gasteiger partial charge in [-0.2, -0.15) is 5.26 Å². The Morgan fingerprint density at radius 2 is 2.28 bits per heavy atom. The zero-order chi connectivity index (χ0) is 13.7. The first kappa shape index (κ1) is 14.0. The van der Waals surface area contributed by atoms with Crippen LogP contribution in [0.15, 0.2) is 18.2 Å². The minimum Gasteiger partial charge on any atom is -0.495 e. The molecule has 96 valence electrons. The maximum Gasteiger partial charge on any atom is 0.320 e. The Labute approximate surface area is 106 Å². The number of benzene rings is 1. The maximum absolute atomic E-state index is 10.8. The Balaban J connectivity index is 2.86. The number of nitriles is 1. The lowest BCUT2D eigenvalue weighted by Gasteiger charge is -2.21. The Kier molecular flexibility index (Phi) is 4.69. The zero-order valence-electron chi connectivity index (χ0n) is 10.7. The van der Waals surface area contributed by atoms with Crippen molar-refractivity contribution in [3.8, 4) is 11.8 Å². The van der Waals surface area contributed by atoms with Crippen molar-refractivity contribution in [1.82, 2.24) is 4.90 Å². The molecule has 1 aromatic carbocycles. The fourth-order valence-electron chi connectivity index (χ4n) is 1.55. The number of carboxylic acid groups (broad SMARTS) is 1. The molecule has 0 amide bonds. The molecule has 5 nitrogen and oxygen atoms in total. The van der Waals surface area contributed by atoms with Crippen LogP contribution >= 0.6 is 0 Å². The molecule has 1 unspecified atom stereocenters. The van der Waals surface area contributed by atoms with Crippen molar-refractivity contribution >= 4 is 5.97 Å². The van der Waals surface area contributed by atoms with E-state index in [1.807, 2.05) is 6.07 Å². The Morgan fingerprint density at radius 1 is 1.61 bits per heavy atom. The number of aliphatic carboxylic acids is 1. The van der Waals surface area contributed by atoms with Gasteiger partial charge in [0.2, 0.25) is 0 Å². The van der Waals surface area contributed by atoms with Crippen LogP contribution in [0.1, 0.15) is 18.1 Å². The third-order valence-corrected chi connectivity index (χ3v) is 2.83. The van der Waals surface area contributed by atoms with Gasteiger partial charge in [-0.1, -0.05) is 6.07 Å². The van der Waals surface area contributed by atoms with Gasteiger partial charge in [0.15, 0.2) is 0 Å². The summed E-state index contributed by atoms with van der Waals surface area (Å²) in [4.78, 5) is 12.5. The number of hydrogen-bond donors (Lipinski definition) is 1. The first-order chi connectivity index (χ1) is 8.49. The largest absolute Gasteiger partial charge is 0.495 e. The lowest BCUT2D eigenvalue weighted by atomic mass is 10.1. The summed E-state index contributed by atoms with van der Waals surface area (Å²) in [5.41, 5.74) is 1.33. The number of carbonyl (C=O) groups is 1. The summed E-state index contributed by atoms with van der Waals surface area (Å²) in [5, 5.41) is 17.9. The molecule has 0 aliphatic rings. The standard InChI is InChI=1S/C13H16N2O3/c1-9(13(16)17)15(2)8-10-4-5-12(18-3)11(6-10)7-14/h4-6,9H,8H2,1-3H3,(H,16,17). The van der Waals surface area contributed by atoms with E-state index in [2.05, 4.69) is 6.07 Å². The summed E-state index contributed by atoms with van der Waals surface area (Å²) in [7, 11) is 3.24. The van der Waals surface area contributed by atoms with E-state index in [0.29, 0.717) is 17.9 Å². The molecule has 0 heterocycles. The molecule has 0 radical (unpaired) electrons. The van der Waals surface area contributed by atoms with Crippen molar-refractivity contribution in [2.45, 2.75) is 19.5 Å². The van der Waals surface area contributed by atoms with Crippen LogP contribution in [0.3, 0.4) is 0 Å². The summed E-state index contributed by atoms with van der Waals surface area (Å²) in [6.07, 6.45) is 0.